The molecule has 2 atom stereocenters. The molecular weight excluding hydrogens is 192 g/mol. The Kier molecular flexibility index (Phi) is 5.29. The van der Waals surface area contributed by atoms with Crippen molar-refractivity contribution in [2.45, 2.75) is 68.2 Å². The van der Waals surface area contributed by atoms with Gasteiger partial charge in [-0.3, -0.25) is 0 Å². The molecule has 0 bridgehead atoms. The van der Waals surface area contributed by atoms with Crippen LogP contribution in [0.15, 0.2) is 12.2 Å². The zero-order valence-corrected chi connectivity index (χ0v) is 12.8. The van der Waals surface area contributed by atoms with Crippen molar-refractivity contribution in [2.75, 3.05) is 0 Å². The fraction of sp³-hybridized carbons (Fsp3) is 0.875. The fourth-order valence-corrected chi connectivity index (χ4v) is 2.36. The Bertz CT molecular complexity index is 221. The number of hydrogen-bond donors (Lipinski definition) is 0. The number of allylic oxidation sites excluding steroid dienone is 1. The van der Waals surface area contributed by atoms with Crippen LogP contribution in [-0.4, -0.2) is 0 Å². The van der Waals surface area contributed by atoms with Gasteiger partial charge in [-0.05, 0) is 42.4 Å². The maximum Gasteiger partial charge on any atom is -0.0204 e. The molecule has 0 saturated heterocycles. The van der Waals surface area contributed by atoms with Gasteiger partial charge in [0.05, 0.1) is 0 Å². The summed E-state index contributed by atoms with van der Waals surface area (Å²) in [6.45, 7) is 22.7. The topological polar surface area (TPSA) is 0 Å². The summed E-state index contributed by atoms with van der Waals surface area (Å²) in [5.41, 5.74) is 2.15. The third-order valence-electron chi connectivity index (χ3n) is 3.70. The Morgan fingerprint density at radius 3 is 1.75 bits per heavy atom. The van der Waals surface area contributed by atoms with E-state index in [-0.39, 0.29) is 0 Å². The first-order valence-electron chi connectivity index (χ1n) is 6.60. The first-order chi connectivity index (χ1) is 6.95. The standard InChI is InChI=1S/C16H32/c1-12(2)13(3)14(16(7,8)9)10-11-15(4,5)6/h13-14H,1,10-11H2,2-9H3. The third kappa shape index (κ3) is 5.72. The van der Waals surface area contributed by atoms with E-state index in [1.54, 1.807) is 0 Å². The molecule has 96 valence electrons. The number of hydrogen-bond acceptors (Lipinski definition) is 0. The predicted octanol–water partition coefficient (Wildman–Crippen LogP) is 5.69. The molecule has 0 aliphatic carbocycles. The van der Waals surface area contributed by atoms with Crippen molar-refractivity contribution in [3.05, 3.63) is 12.2 Å². The van der Waals surface area contributed by atoms with Gasteiger partial charge in [-0.15, -0.1) is 0 Å². The van der Waals surface area contributed by atoms with Gasteiger partial charge in [0.2, 0.25) is 0 Å². The molecule has 0 aromatic heterocycles. The minimum atomic E-state index is 0.379. The Morgan fingerprint density at radius 2 is 1.50 bits per heavy atom. The van der Waals surface area contributed by atoms with Gasteiger partial charge in [0, 0.05) is 0 Å². The second kappa shape index (κ2) is 5.38. The van der Waals surface area contributed by atoms with Crippen LogP contribution in [0.4, 0.5) is 0 Å². The zero-order valence-electron chi connectivity index (χ0n) is 12.8. The van der Waals surface area contributed by atoms with Crippen molar-refractivity contribution in [1.29, 1.82) is 0 Å². The molecule has 2 unspecified atom stereocenters. The average Bonchev–Trinajstić information content (AvgIpc) is 1.98. The van der Waals surface area contributed by atoms with Crippen LogP contribution < -0.4 is 0 Å². The fourth-order valence-electron chi connectivity index (χ4n) is 2.36. The van der Waals surface area contributed by atoms with Crippen molar-refractivity contribution in [2.24, 2.45) is 22.7 Å². The lowest BCUT2D eigenvalue weighted by Gasteiger charge is -2.37. The molecule has 0 nitrogen and oxygen atoms in total. The highest BCUT2D eigenvalue weighted by molar-refractivity contribution is 4.99. The molecule has 0 N–H and O–H groups in total. The quantitative estimate of drug-likeness (QED) is 0.538. The first kappa shape index (κ1) is 15.7. The molecule has 0 rings (SSSR count). The van der Waals surface area contributed by atoms with Crippen LogP contribution in [0.5, 0.6) is 0 Å². The van der Waals surface area contributed by atoms with Crippen molar-refractivity contribution >= 4 is 0 Å². The van der Waals surface area contributed by atoms with Crippen molar-refractivity contribution in [3.63, 3.8) is 0 Å². The summed E-state index contributed by atoms with van der Waals surface area (Å²) in [7, 11) is 0. The molecule has 0 aromatic carbocycles. The van der Waals surface area contributed by atoms with Gasteiger partial charge in [0.1, 0.15) is 0 Å². The lowest BCUT2D eigenvalue weighted by atomic mass is 9.68. The van der Waals surface area contributed by atoms with Gasteiger partial charge in [-0.25, -0.2) is 0 Å². The maximum atomic E-state index is 4.13. The van der Waals surface area contributed by atoms with E-state index in [4.69, 9.17) is 0 Å². The van der Waals surface area contributed by atoms with Crippen molar-refractivity contribution in [1.82, 2.24) is 0 Å². The van der Waals surface area contributed by atoms with Crippen LogP contribution in [0, 0.1) is 22.7 Å². The van der Waals surface area contributed by atoms with E-state index in [1.165, 1.54) is 18.4 Å². The summed E-state index contributed by atoms with van der Waals surface area (Å²) in [6.07, 6.45) is 2.60. The minimum absolute atomic E-state index is 0.379. The van der Waals surface area contributed by atoms with Crippen LogP contribution in [-0.2, 0) is 0 Å². The molecule has 0 saturated carbocycles. The van der Waals surface area contributed by atoms with E-state index in [1.807, 2.05) is 0 Å². The Balaban J connectivity index is 4.65. The van der Waals surface area contributed by atoms with Crippen molar-refractivity contribution < 1.29 is 0 Å². The normalized spacial score (nSPS) is 17.0. The molecular formula is C16H32. The second-order valence-corrected chi connectivity index (χ2v) is 7.71. The van der Waals surface area contributed by atoms with E-state index >= 15 is 0 Å². The highest BCUT2D eigenvalue weighted by Crippen LogP contribution is 2.40. The largest absolute Gasteiger partial charge is 0.0999 e. The highest BCUT2D eigenvalue weighted by Gasteiger charge is 2.30. The lowest BCUT2D eigenvalue weighted by molar-refractivity contribution is 0.153. The highest BCUT2D eigenvalue weighted by atomic mass is 14.4. The predicted molar refractivity (Wildman–Crippen MR) is 75.6 cm³/mol. The minimum Gasteiger partial charge on any atom is -0.0999 e. The number of rotatable bonds is 4. The zero-order chi connectivity index (χ0) is 13.1. The average molecular weight is 224 g/mol. The Morgan fingerprint density at radius 1 is 1.06 bits per heavy atom. The molecule has 0 heterocycles. The van der Waals surface area contributed by atoms with Gasteiger partial charge in [-0.1, -0.05) is 60.6 Å². The first-order valence-corrected chi connectivity index (χ1v) is 6.60. The third-order valence-corrected chi connectivity index (χ3v) is 3.70. The maximum absolute atomic E-state index is 4.13. The van der Waals surface area contributed by atoms with Gasteiger partial charge in [-0.2, -0.15) is 0 Å². The molecule has 0 aliphatic heterocycles. The van der Waals surface area contributed by atoms with Crippen LogP contribution in [0.3, 0.4) is 0 Å². The SMILES string of the molecule is C=C(C)C(C)C(CCC(C)(C)C)C(C)(C)C. The smallest absolute Gasteiger partial charge is 0.0204 e. The monoisotopic (exact) mass is 224 g/mol. The van der Waals surface area contributed by atoms with E-state index < -0.39 is 0 Å². The van der Waals surface area contributed by atoms with Crippen molar-refractivity contribution in [3.8, 4) is 0 Å². The molecule has 0 amide bonds. The lowest BCUT2D eigenvalue weighted by Crippen LogP contribution is -2.28. The van der Waals surface area contributed by atoms with Gasteiger partial charge >= 0.3 is 0 Å². The van der Waals surface area contributed by atoms with Crippen LogP contribution in [0.25, 0.3) is 0 Å². The molecule has 0 fully saturated rings. The summed E-state index contributed by atoms with van der Waals surface area (Å²) in [4.78, 5) is 0. The molecule has 0 spiro atoms. The van der Waals surface area contributed by atoms with E-state index in [0.29, 0.717) is 16.7 Å². The van der Waals surface area contributed by atoms with Gasteiger partial charge in [0.25, 0.3) is 0 Å². The molecule has 0 radical (unpaired) electrons. The molecule has 0 aliphatic rings. The summed E-state index contributed by atoms with van der Waals surface area (Å²) in [6, 6.07) is 0. The summed E-state index contributed by atoms with van der Waals surface area (Å²) >= 11 is 0. The second-order valence-electron chi connectivity index (χ2n) is 7.71. The van der Waals surface area contributed by atoms with Gasteiger partial charge < -0.3 is 0 Å². The molecule has 0 aromatic rings. The molecule has 16 heavy (non-hydrogen) atoms. The summed E-state index contributed by atoms with van der Waals surface area (Å²) < 4.78 is 0. The van der Waals surface area contributed by atoms with Crippen LogP contribution >= 0.6 is 0 Å². The van der Waals surface area contributed by atoms with Crippen LogP contribution in [0.1, 0.15) is 68.2 Å². The van der Waals surface area contributed by atoms with E-state index in [9.17, 15) is 0 Å². The Labute approximate surface area is 104 Å². The summed E-state index contributed by atoms with van der Waals surface area (Å²) in [5, 5.41) is 0. The molecule has 0 heteroatoms. The van der Waals surface area contributed by atoms with E-state index in [2.05, 4.69) is 62.0 Å². The van der Waals surface area contributed by atoms with Gasteiger partial charge in [0.15, 0.2) is 0 Å². The Hall–Kier alpha value is -0.260. The van der Waals surface area contributed by atoms with Crippen LogP contribution in [0.2, 0.25) is 0 Å². The summed E-state index contributed by atoms with van der Waals surface area (Å²) in [5.74, 6) is 1.37. The van der Waals surface area contributed by atoms with E-state index in [0.717, 1.165) is 5.92 Å².